The maximum atomic E-state index is 11.3. The van der Waals surface area contributed by atoms with Crippen LogP contribution in [0.25, 0.3) is 0 Å². The molecule has 1 saturated heterocycles. The van der Waals surface area contributed by atoms with Gasteiger partial charge in [-0.3, -0.25) is 0 Å². The van der Waals surface area contributed by atoms with E-state index < -0.39 is 42.5 Å². The molecule has 0 spiro atoms. The Kier molecular flexibility index (Phi) is 7.71. The molecular weight excluding hydrogens is 485 g/mol. The standard InChI is InChI=1S/C13H19O8.Hg/c1-7(14)18-6-11-13(20-9(3)16)10(19-8(2)15)5-12(17-4)21-11;/h5,10-13H,6H2,1-4H3;/q;+1. The quantitative estimate of drug-likeness (QED) is 0.296. The zero-order valence-electron chi connectivity index (χ0n) is 13.1. The van der Waals surface area contributed by atoms with Crippen LogP contribution in [-0.4, -0.2) is 56.2 Å². The predicted octanol–water partition coefficient (Wildman–Crippen LogP) is 0.119. The molecule has 1 aliphatic heterocycles. The minimum absolute atomic E-state index is 0.120. The Hall–Kier alpha value is -0.735. The van der Waals surface area contributed by atoms with Crippen LogP contribution in [0.1, 0.15) is 20.8 Å². The van der Waals surface area contributed by atoms with Gasteiger partial charge in [0.05, 0.1) is 0 Å². The first-order valence-corrected chi connectivity index (χ1v) is 9.92. The van der Waals surface area contributed by atoms with Crippen molar-refractivity contribution in [2.24, 2.45) is 0 Å². The van der Waals surface area contributed by atoms with Crippen molar-refractivity contribution in [3.05, 3.63) is 0 Å². The molecule has 0 radical (unpaired) electrons. The van der Waals surface area contributed by atoms with Crippen LogP contribution in [0.3, 0.4) is 0 Å². The van der Waals surface area contributed by atoms with Gasteiger partial charge in [0.15, 0.2) is 0 Å². The van der Waals surface area contributed by atoms with Gasteiger partial charge in [-0.05, 0) is 0 Å². The van der Waals surface area contributed by atoms with Crippen molar-refractivity contribution < 1.29 is 64.2 Å². The van der Waals surface area contributed by atoms with Crippen LogP contribution in [-0.2, 0) is 64.2 Å². The number of hydrogen-bond acceptors (Lipinski definition) is 8. The maximum absolute atomic E-state index is 11.3. The van der Waals surface area contributed by atoms with Gasteiger partial charge in [-0.2, -0.15) is 0 Å². The number of carbonyl (C=O) groups excluding carboxylic acids is 3. The van der Waals surface area contributed by atoms with Crippen LogP contribution in [0.4, 0.5) is 0 Å². The first kappa shape index (κ1) is 19.3. The Balaban J connectivity index is 3.00. The van der Waals surface area contributed by atoms with Crippen molar-refractivity contribution in [3.8, 4) is 0 Å². The van der Waals surface area contributed by atoms with E-state index in [1.54, 1.807) is 0 Å². The van der Waals surface area contributed by atoms with Crippen LogP contribution in [0.15, 0.2) is 0 Å². The summed E-state index contributed by atoms with van der Waals surface area (Å²) in [5, 5.41) is 0. The third-order valence-corrected chi connectivity index (χ3v) is 6.36. The fourth-order valence-electron chi connectivity index (χ4n) is 2.21. The van der Waals surface area contributed by atoms with Gasteiger partial charge in [-0.15, -0.1) is 0 Å². The molecule has 0 N–H and O–H groups in total. The van der Waals surface area contributed by atoms with Gasteiger partial charge in [0.2, 0.25) is 0 Å². The molecule has 1 rings (SSSR count). The molecule has 1 fully saturated rings. The molecule has 9 heteroatoms. The Bertz CT molecular complexity index is 426. The summed E-state index contributed by atoms with van der Waals surface area (Å²) in [7, 11) is 1.48. The van der Waals surface area contributed by atoms with Crippen LogP contribution in [0.2, 0.25) is 3.43 Å². The third kappa shape index (κ3) is 5.47. The second-order valence-corrected chi connectivity index (χ2v) is 8.56. The van der Waals surface area contributed by atoms with Crippen molar-refractivity contribution in [2.45, 2.75) is 48.8 Å². The van der Waals surface area contributed by atoms with E-state index in [-0.39, 0.29) is 36.2 Å². The molecular formula is C13H19HgO8+. The van der Waals surface area contributed by atoms with Crippen LogP contribution < -0.4 is 0 Å². The van der Waals surface area contributed by atoms with E-state index in [2.05, 4.69) is 0 Å². The van der Waals surface area contributed by atoms with Crippen molar-refractivity contribution in [1.29, 1.82) is 0 Å². The van der Waals surface area contributed by atoms with Crippen molar-refractivity contribution >= 4 is 17.9 Å². The Morgan fingerprint density at radius 3 is 2.00 bits per heavy atom. The van der Waals surface area contributed by atoms with Gasteiger partial charge in [0.25, 0.3) is 0 Å². The molecule has 5 unspecified atom stereocenters. The van der Waals surface area contributed by atoms with E-state index in [1.807, 2.05) is 0 Å². The number of esters is 3. The number of carbonyl (C=O) groups is 3. The van der Waals surface area contributed by atoms with E-state index in [4.69, 9.17) is 23.7 Å². The number of methoxy groups -OCH3 is 1. The summed E-state index contributed by atoms with van der Waals surface area (Å²) in [6.45, 7) is 3.68. The van der Waals surface area contributed by atoms with E-state index in [0.29, 0.717) is 0 Å². The average molecular weight is 504 g/mol. The predicted molar refractivity (Wildman–Crippen MR) is 67.2 cm³/mol. The second kappa shape index (κ2) is 8.78. The molecule has 0 aliphatic carbocycles. The zero-order valence-corrected chi connectivity index (χ0v) is 18.6. The summed E-state index contributed by atoms with van der Waals surface area (Å²) in [5.74, 6) is -1.50. The molecule has 0 bridgehead atoms. The molecule has 0 aromatic heterocycles. The molecule has 8 nitrogen and oxygen atoms in total. The molecule has 1 heterocycles. The van der Waals surface area contributed by atoms with Crippen LogP contribution in [0, 0.1) is 0 Å². The molecule has 1 aliphatic rings. The molecule has 0 aromatic carbocycles. The molecule has 5 atom stereocenters. The normalized spacial score (nSPS) is 31.3. The molecule has 0 amide bonds. The van der Waals surface area contributed by atoms with E-state index >= 15 is 0 Å². The van der Waals surface area contributed by atoms with Crippen LogP contribution >= 0.6 is 0 Å². The monoisotopic (exact) mass is 505 g/mol. The van der Waals surface area contributed by atoms with E-state index in [0.717, 1.165) is 0 Å². The van der Waals surface area contributed by atoms with Crippen molar-refractivity contribution in [1.82, 2.24) is 0 Å². The summed E-state index contributed by atoms with van der Waals surface area (Å²) < 4.78 is 26.3. The number of rotatable bonds is 5. The molecule has 0 saturated carbocycles. The van der Waals surface area contributed by atoms with Crippen LogP contribution in [0.5, 0.6) is 0 Å². The van der Waals surface area contributed by atoms with Crippen molar-refractivity contribution in [2.75, 3.05) is 13.7 Å². The molecule has 120 valence electrons. The van der Waals surface area contributed by atoms with Crippen molar-refractivity contribution in [3.63, 3.8) is 0 Å². The van der Waals surface area contributed by atoms with E-state index in [9.17, 15) is 14.4 Å². The molecule has 22 heavy (non-hydrogen) atoms. The summed E-state index contributed by atoms with van der Waals surface area (Å²) in [4.78, 5) is 33.7. The van der Waals surface area contributed by atoms with E-state index in [1.165, 1.54) is 27.9 Å². The Morgan fingerprint density at radius 1 is 1.00 bits per heavy atom. The fraction of sp³-hybridized carbons (Fsp3) is 0.769. The third-order valence-electron chi connectivity index (χ3n) is 3.06. The Labute approximate surface area is 144 Å². The number of hydrogen-bond donors (Lipinski definition) is 0. The van der Waals surface area contributed by atoms with Gasteiger partial charge < -0.3 is 0 Å². The Morgan fingerprint density at radius 2 is 1.55 bits per heavy atom. The van der Waals surface area contributed by atoms with Gasteiger partial charge in [0.1, 0.15) is 0 Å². The SMILES string of the molecule is COC1OC(COC(C)=O)C(OC(C)=O)C(OC(C)=O)[CH]1[Hg+]. The summed E-state index contributed by atoms with van der Waals surface area (Å²) in [5.41, 5.74) is 0. The van der Waals surface area contributed by atoms with Gasteiger partial charge >= 0.3 is 145 Å². The van der Waals surface area contributed by atoms with Gasteiger partial charge in [0, 0.05) is 0 Å². The van der Waals surface area contributed by atoms with Gasteiger partial charge in [-0.25, -0.2) is 0 Å². The first-order valence-electron chi connectivity index (χ1n) is 6.75. The summed E-state index contributed by atoms with van der Waals surface area (Å²) in [6, 6.07) is 0. The van der Waals surface area contributed by atoms with Gasteiger partial charge in [-0.1, -0.05) is 0 Å². The second-order valence-electron chi connectivity index (χ2n) is 4.89. The minimum atomic E-state index is -0.838. The molecule has 0 aromatic rings. The average Bonchev–Trinajstić information content (AvgIpc) is 2.41. The fourth-order valence-corrected chi connectivity index (χ4v) is 4.80. The summed E-state index contributed by atoms with van der Waals surface area (Å²) >= 11 is 0.121. The topological polar surface area (TPSA) is 97.4 Å². The summed E-state index contributed by atoms with van der Waals surface area (Å²) in [6.07, 6.45) is -2.87. The zero-order chi connectivity index (χ0) is 16.9. The first-order chi connectivity index (χ1) is 10.3. The number of ether oxygens (including phenoxy) is 5.